The van der Waals surface area contributed by atoms with Crippen molar-refractivity contribution in [2.24, 2.45) is 5.73 Å². The Morgan fingerprint density at radius 1 is 1.00 bits per heavy atom. The number of rotatable bonds is 3. The molecular weight excluding hydrogens is 262 g/mol. The number of halogens is 1. The van der Waals surface area contributed by atoms with E-state index in [1.165, 1.54) is 11.1 Å². The SMILES string of the molecule is NCc1c[c]c(Cc2ccc(Br)cc2)cc1. The zero-order chi connectivity index (χ0) is 11.4. The molecule has 0 aliphatic carbocycles. The van der Waals surface area contributed by atoms with Gasteiger partial charge in [0.15, 0.2) is 0 Å². The third-order valence-electron chi connectivity index (χ3n) is 2.49. The quantitative estimate of drug-likeness (QED) is 0.913. The fourth-order valence-corrected chi connectivity index (χ4v) is 1.81. The third kappa shape index (κ3) is 2.94. The van der Waals surface area contributed by atoms with Crippen LogP contribution in [0.4, 0.5) is 0 Å². The molecule has 0 spiro atoms. The topological polar surface area (TPSA) is 26.0 Å². The molecule has 0 fully saturated rings. The number of nitrogens with two attached hydrogens (primary N) is 1. The third-order valence-corrected chi connectivity index (χ3v) is 3.01. The standard InChI is InChI=1S/C14H13BrN/c15-14-7-5-12(6-8-14)9-11-1-3-13(10-16)4-2-11/h1,3-8H,9-10,16H2. The molecule has 0 heterocycles. The summed E-state index contributed by atoms with van der Waals surface area (Å²) < 4.78 is 1.11. The van der Waals surface area contributed by atoms with Crippen molar-refractivity contribution in [3.8, 4) is 0 Å². The molecule has 2 heteroatoms. The minimum absolute atomic E-state index is 0.578. The Bertz CT molecular complexity index is 445. The van der Waals surface area contributed by atoms with Gasteiger partial charge in [-0.15, -0.1) is 0 Å². The van der Waals surface area contributed by atoms with Crippen LogP contribution >= 0.6 is 15.9 Å². The highest BCUT2D eigenvalue weighted by Crippen LogP contribution is 2.14. The molecule has 0 aliphatic rings. The lowest BCUT2D eigenvalue weighted by Crippen LogP contribution is -1.96. The summed E-state index contributed by atoms with van der Waals surface area (Å²) >= 11 is 3.43. The summed E-state index contributed by atoms with van der Waals surface area (Å²) in [6.07, 6.45) is 0.915. The zero-order valence-corrected chi connectivity index (χ0v) is 10.5. The number of hydrogen-bond donors (Lipinski definition) is 1. The van der Waals surface area contributed by atoms with E-state index in [4.69, 9.17) is 5.73 Å². The van der Waals surface area contributed by atoms with Crippen LogP contribution in [-0.4, -0.2) is 0 Å². The lowest BCUT2D eigenvalue weighted by Gasteiger charge is -2.03. The maximum absolute atomic E-state index is 5.54. The summed E-state index contributed by atoms with van der Waals surface area (Å²) in [7, 11) is 0. The summed E-state index contributed by atoms with van der Waals surface area (Å²) in [6.45, 7) is 0.578. The predicted octanol–water partition coefficient (Wildman–Crippen LogP) is 3.30. The van der Waals surface area contributed by atoms with Crippen LogP contribution in [0.5, 0.6) is 0 Å². The van der Waals surface area contributed by atoms with Crippen LogP contribution in [-0.2, 0) is 13.0 Å². The molecule has 2 aromatic carbocycles. The van der Waals surface area contributed by atoms with Gasteiger partial charge in [-0.3, -0.25) is 0 Å². The normalized spacial score (nSPS) is 10.4. The molecule has 0 unspecified atom stereocenters. The summed E-state index contributed by atoms with van der Waals surface area (Å²) in [5.74, 6) is 0. The lowest BCUT2D eigenvalue weighted by molar-refractivity contribution is 1.06. The number of benzene rings is 2. The first kappa shape index (κ1) is 11.4. The fraction of sp³-hybridized carbons (Fsp3) is 0.143. The van der Waals surface area contributed by atoms with Gasteiger partial charge in [-0.2, -0.15) is 0 Å². The molecular formula is C14H13BrN. The molecule has 2 N–H and O–H groups in total. The second kappa shape index (κ2) is 5.28. The van der Waals surface area contributed by atoms with E-state index >= 15 is 0 Å². The Morgan fingerprint density at radius 2 is 1.69 bits per heavy atom. The van der Waals surface area contributed by atoms with Crippen molar-refractivity contribution < 1.29 is 0 Å². The summed E-state index contributed by atoms with van der Waals surface area (Å²) in [6, 6.07) is 17.7. The van der Waals surface area contributed by atoms with Gasteiger partial charge in [0.1, 0.15) is 0 Å². The Kier molecular flexibility index (Phi) is 3.75. The van der Waals surface area contributed by atoms with E-state index in [1.807, 2.05) is 6.07 Å². The second-order valence-corrected chi connectivity index (χ2v) is 4.65. The van der Waals surface area contributed by atoms with E-state index in [1.54, 1.807) is 0 Å². The fourth-order valence-electron chi connectivity index (χ4n) is 1.55. The smallest absolute Gasteiger partial charge is 0.0178 e. The van der Waals surface area contributed by atoms with E-state index in [0.29, 0.717) is 6.54 Å². The summed E-state index contributed by atoms with van der Waals surface area (Å²) in [5, 5.41) is 0. The number of hydrogen-bond acceptors (Lipinski definition) is 1. The lowest BCUT2D eigenvalue weighted by atomic mass is 10.0. The average molecular weight is 275 g/mol. The summed E-state index contributed by atoms with van der Waals surface area (Å²) in [4.78, 5) is 0. The van der Waals surface area contributed by atoms with Crippen LogP contribution in [0, 0.1) is 6.07 Å². The van der Waals surface area contributed by atoms with Gasteiger partial charge in [-0.05, 0) is 47.4 Å². The Hall–Kier alpha value is -1.12. The monoisotopic (exact) mass is 274 g/mol. The largest absolute Gasteiger partial charge is 0.326 e. The van der Waals surface area contributed by atoms with Crippen molar-refractivity contribution in [3.63, 3.8) is 0 Å². The molecule has 0 atom stereocenters. The molecule has 0 aromatic heterocycles. The molecule has 0 amide bonds. The van der Waals surface area contributed by atoms with Gasteiger partial charge in [0.25, 0.3) is 0 Å². The minimum Gasteiger partial charge on any atom is -0.326 e. The first-order valence-electron chi connectivity index (χ1n) is 5.22. The Morgan fingerprint density at radius 3 is 2.25 bits per heavy atom. The highest BCUT2D eigenvalue weighted by Gasteiger charge is 1.97. The van der Waals surface area contributed by atoms with Crippen molar-refractivity contribution in [2.75, 3.05) is 0 Å². The van der Waals surface area contributed by atoms with Crippen molar-refractivity contribution in [1.29, 1.82) is 0 Å². The first-order chi connectivity index (χ1) is 7.78. The van der Waals surface area contributed by atoms with Gasteiger partial charge in [0.05, 0.1) is 0 Å². The van der Waals surface area contributed by atoms with Gasteiger partial charge >= 0.3 is 0 Å². The van der Waals surface area contributed by atoms with Crippen LogP contribution in [0.15, 0.2) is 46.9 Å². The van der Waals surface area contributed by atoms with Crippen molar-refractivity contribution in [3.05, 3.63) is 69.7 Å². The van der Waals surface area contributed by atoms with Crippen LogP contribution in [0.3, 0.4) is 0 Å². The molecule has 0 aliphatic heterocycles. The van der Waals surface area contributed by atoms with E-state index in [9.17, 15) is 0 Å². The van der Waals surface area contributed by atoms with Crippen molar-refractivity contribution in [2.45, 2.75) is 13.0 Å². The molecule has 16 heavy (non-hydrogen) atoms. The van der Waals surface area contributed by atoms with E-state index in [-0.39, 0.29) is 0 Å². The highest BCUT2D eigenvalue weighted by molar-refractivity contribution is 9.10. The minimum atomic E-state index is 0.578. The molecule has 0 bridgehead atoms. The van der Waals surface area contributed by atoms with Gasteiger partial charge < -0.3 is 5.73 Å². The molecule has 0 saturated carbocycles. The highest BCUT2D eigenvalue weighted by atomic mass is 79.9. The molecule has 0 saturated heterocycles. The Labute approximate surface area is 104 Å². The van der Waals surface area contributed by atoms with E-state index < -0.39 is 0 Å². The maximum Gasteiger partial charge on any atom is 0.0178 e. The molecule has 2 rings (SSSR count). The van der Waals surface area contributed by atoms with Crippen LogP contribution < -0.4 is 5.73 Å². The molecule has 81 valence electrons. The van der Waals surface area contributed by atoms with Crippen molar-refractivity contribution in [1.82, 2.24) is 0 Å². The predicted molar refractivity (Wildman–Crippen MR) is 70.1 cm³/mol. The van der Waals surface area contributed by atoms with Crippen LogP contribution in [0.2, 0.25) is 0 Å². The van der Waals surface area contributed by atoms with Crippen LogP contribution in [0.1, 0.15) is 16.7 Å². The Balaban J connectivity index is 2.11. The summed E-state index contributed by atoms with van der Waals surface area (Å²) in [5.41, 5.74) is 9.15. The van der Waals surface area contributed by atoms with Crippen LogP contribution in [0.25, 0.3) is 0 Å². The van der Waals surface area contributed by atoms with Gasteiger partial charge in [-0.25, -0.2) is 0 Å². The maximum atomic E-state index is 5.54. The zero-order valence-electron chi connectivity index (χ0n) is 8.91. The first-order valence-corrected chi connectivity index (χ1v) is 6.01. The van der Waals surface area contributed by atoms with Crippen molar-refractivity contribution >= 4 is 15.9 Å². The van der Waals surface area contributed by atoms with Gasteiger partial charge in [0.2, 0.25) is 0 Å². The van der Waals surface area contributed by atoms with Gasteiger partial charge in [0, 0.05) is 11.0 Å². The molecule has 1 nitrogen and oxygen atoms in total. The molecule has 2 aromatic rings. The van der Waals surface area contributed by atoms with Gasteiger partial charge in [-0.1, -0.05) is 40.2 Å². The second-order valence-electron chi connectivity index (χ2n) is 3.73. The average Bonchev–Trinajstić information content (AvgIpc) is 2.33. The molecule has 1 radical (unpaired) electrons. The van der Waals surface area contributed by atoms with E-state index in [2.05, 4.69) is 58.4 Å². The van der Waals surface area contributed by atoms with E-state index in [0.717, 1.165) is 16.5 Å².